The van der Waals surface area contributed by atoms with Crippen molar-refractivity contribution in [1.82, 2.24) is 30.4 Å². The van der Waals surface area contributed by atoms with Crippen molar-refractivity contribution in [2.45, 2.75) is 50.5 Å². The molecule has 1 aromatic carbocycles. The third-order valence-electron chi connectivity index (χ3n) is 5.81. The van der Waals surface area contributed by atoms with Gasteiger partial charge in [-0.1, -0.05) is 17.3 Å². The highest BCUT2D eigenvalue weighted by Crippen LogP contribution is 2.36. The molecule has 2 heterocycles. The summed E-state index contributed by atoms with van der Waals surface area (Å²) >= 11 is 0. The molecule has 0 bridgehead atoms. The van der Waals surface area contributed by atoms with Crippen molar-refractivity contribution in [1.29, 1.82) is 0 Å². The van der Waals surface area contributed by atoms with E-state index in [0.717, 1.165) is 48.3 Å². The SMILES string of the molecule is O=C(Nc1cccc(-c2cnn(C3CC3)c2)c1)C1CCC(c2nn[nH]n2)CC1. The number of nitrogens with one attached hydrogen (secondary N) is 2. The van der Waals surface area contributed by atoms with E-state index >= 15 is 0 Å². The number of tetrazole rings is 1. The fourth-order valence-electron chi connectivity index (χ4n) is 4.00. The van der Waals surface area contributed by atoms with Crippen LogP contribution in [0.2, 0.25) is 0 Å². The van der Waals surface area contributed by atoms with E-state index in [9.17, 15) is 4.79 Å². The lowest BCUT2D eigenvalue weighted by molar-refractivity contribution is -0.120. The second kappa shape index (κ2) is 7.18. The third kappa shape index (κ3) is 3.54. The molecule has 0 atom stereocenters. The van der Waals surface area contributed by atoms with Crippen molar-refractivity contribution in [2.75, 3.05) is 5.32 Å². The lowest BCUT2D eigenvalue weighted by Gasteiger charge is -2.25. The molecule has 8 nitrogen and oxygen atoms in total. The molecule has 28 heavy (non-hydrogen) atoms. The predicted molar refractivity (Wildman–Crippen MR) is 103 cm³/mol. The van der Waals surface area contributed by atoms with E-state index in [2.05, 4.69) is 43.3 Å². The Balaban J connectivity index is 1.21. The first-order valence-electron chi connectivity index (χ1n) is 9.95. The van der Waals surface area contributed by atoms with Gasteiger partial charge in [-0.2, -0.15) is 10.3 Å². The van der Waals surface area contributed by atoms with Gasteiger partial charge in [0.25, 0.3) is 0 Å². The Morgan fingerprint density at radius 3 is 2.71 bits per heavy atom. The van der Waals surface area contributed by atoms with Crippen molar-refractivity contribution in [3.05, 3.63) is 42.5 Å². The number of nitrogens with zero attached hydrogens (tertiary/aromatic N) is 5. The first kappa shape index (κ1) is 17.1. The van der Waals surface area contributed by atoms with Crippen LogP contribution in [-0.2, 0) is 4.79 Å². The molecule has 2 aliphatic carbocycles. The van der Waals surface area contributed by atoms with E-state index in [1.807, 2.05) is 29.1 Å². The van der Waals surface area contributed by atoms with Crippen LogP contribution in [-0.4, -0.2) is 36.3 Å². The monoisotopic (exact) mass is 377 g/mol. The zero-order valence-electron chi connectivity index (χ0n) is 15.6. The van der Waals surface area contributed by atoms with Gasteiger partial charge in [0.2, 0.25) is 5.91 Å². The standard InChI is InChI=1S/C20H23N7O/c28-20(14-6-4-13(5-7-14)19-23-25-26-24-19)22-17-3-1-2-15(10-17)16-11-21-27(12-16)18-8-9-18/h1-3,10-14,18H,4-9H2,(H,22,28)(H,23,24,25,26). The van der Waals surface area contributed by atoms with Crippen LogP contribution in [0.25, 0.3) is 11.1 Å². The van der Waals surface area contributed by atoms with Gasteiger partial charge in [-0.3, -0.25) is 9.48 Å². The molecule has 2 aliphatic rings. The highest BCUT2D eigenvalue weighted by atomic mass is 16.1. The zero-order valence-corrected chi connectivity index (χ0v) is 15.6. The second-order valence-electron chi connectivity index (χ2n) is 7.83. The number of rotatable bonds is 5. The second-order valence-corrected chi connectivity index (χ2v) is 7.83. The molecule has 0 saturated heterocycles. The number of hydrogen-bond donors (Lipinski definition) is 2. The molecule has 144 valence electrons. The lowest BCUT2D eigenvalue weighted by Crippen LogP contribution is -2.27. The Hall–Kier alpha value is -3.03. The molecule has 5 rings (SSSR count). The minimum atomic E-state index is 0.0319. The van der Waals surface area contributed by atoms with Gasteiger partial charge in [0.15, 0.2) is 5.82 Å². The van der Waals surface area contributed by atoms with Gasteiger partial charge in [-0.15, -0.1) is 10.2 Å². The quantitative estimate of drug-likeness (QED) is 0.710. The normalized spacial score (nSPS) is 22.1. The largest absolute Gasteiger partial charge is 0.326 e. The maximum atomic E-state index is 12.7. The minimum absolute atomic E-state index is 0.0319. The fourth-order valence-corrected chi connectivity index (χ4v) is 4.00. The summed E-state index contributed by atoms with van der Waals surface area (Å²) in [6.07, 6.45) is 9.95. The van der Waals surface area contributed by atoms with Gasteiger partial charge in [0.05, 0.1) is 12.2 Å². The Morgan fingerprint density at radius 1 is 1.11 bits per heavy atom. The minimum Gasteiger partial charge on any atom is -0.326 e. The van der Waals surface area contributed by atoms with E-state index in [1.165, 1.54) is 12.8 Å². The van der Waals surface area contributed by atoms with Crippen LogP contribution >= 0.6 is 0 Å². The smallest absolute Gasteiger partial charge is 0.227 e. The summed E-state index contributed by atoms with van der Waals surface area (Å²) in [5.74, 6) is 1.19. The molecular formula is C20H23N7O. The number of benzene rings is 1. The van der Waals surface area contributed by atoms with Crippen LogP contribution in [0.15, 0.2) is 36.7 Å². The average molecular weight is 377 g/mol. The van der Waals surface area contributed by atoms with E-state index in [4.69, 9.17) is 0 Å². The number of carbonyl (C=O) groups excluding carboxylic acids is 1. The van der Waals surface area contributed by atoms with Crippen molar-refractivity contribution in [3.8, 4) is 11.1 Å². The number of aromatic nitrogens is 6. The van der Waals surface area contributed by atoms with Gasteiger partial charge >= 0.3 is 0 Å². The van der Waals surface area contributed by atoms with E-state index in [0.29, 0.717) is 12.0 Å². The van der Waals surface area contributed by atoms with Crippen molar-refractivity contribution >= 4 is 11.6 Å². The first-order valence-corrected chi connectivity index (χ1v) is 9.95. The van der Waals surface area contributed by atoms with Crippen LogP contribution in [0.3, 0.4) is 0 Å². The number of aromatic amines is 1. The molecule has 2 N–H and O–H groups in total. The Labute approximate surface area is 162 Å². The van der Waals surface area contributed by atoms with Crippen LogP contribution in [0.4, 0.5) is 5.69 Å². The maximum absolute atomic E-state index is 12.7. The average Bonchev–Trinajstić information content (AvgIpc) is 3.22. The summed E-state index contributed by atoms with van der Waals surface area (Å²) in [5.41, 5.74) is 3.00. The summed E-state index contributed by atoms with van der Waals surface area (Å²) in [6, 6.07) is 8.57. The van der Waals surface area contributed by atoms with Gasteiger partial charge in [-0.25, -0.2) is 0 Å². The van der Waals surface area contributed by atoms with Crippen LogP contribution < -0.4 is 5.32 Å². The summed E-state index contributed by atoms with van der Waals surface area (Å²) in [5, 5.41) is 21.9. The van der Waals surface area contributed by atoms with E-state index in [1.54, 1.807) is 0 Å². The number of anilines is 1. The molecule has 2 aromatic heterocycles. The predicted octanol–water partition coefficient (Wildman–Crippen LogP) is 3.31. The number of hydrogen-bond acceptors (Lipinski definition) is 5. The molecule has 2 saturated carbocycles. The molecule has 3 aromatic rings. The van der Waals surface area contributed by atoms with Crippen LogP contribution in [0, 0.1) is 5.92 Å². The van der Waals surface area contributed by atoms with Gasteiger partial charge < -0.3 is 5.32 Å². The van der Waals surface area contributed by atoms with Gasteiger partial charge in [0.1, 0.15) is 0 Å². The van der Waals surface area contributed by atoms with Crippen LogP contribution in [0.1, 0.15) is 56.3 Å². The molecule has 0 radical (unpaired) electrons. The summed E-state index contributed by atoms with van der Waals surface area (Å²) in [4.78, 5) is 12.7. The molecule has 1 amide bonds. The molecular weight excluding hydrogens is 354 g/mol. The topological polar surface area (TPSA) is 101 Å². The first-order chi connectivity index (χ1) is 13.8. The van der Waals surface area contributed by atoms with E-state index in [-0.39, 0.29) is 11.8 Å². The maximum Gasteiger partial charge on any atom is 0.227 e. The molecule has 0 aliphatic heterocycles. The van der Waals surface area contributed by atoms with E-state index < -0.39 is 0 Å². The van der Waals surface area contributed by atoms with Crippen LogP contribution in [0.5, 0.6) is 0 Å². The van der Waals surface area contributed by atoms with Crippen molar-refractivity contribution in [3.63, 3.8) is 0 Å². The van der Waals surface area contributed by atoms with Gasteiger partial charge in [0, 0.05) is 29.3 Å². The Kier molecular flexibility index (Phi) is 4.38. The number of amides is 1. The number of H-pyrrole nitrogens is 1. The Morgan fingerprint density at radius 2 is 1.96 bits per heavy atom. The number of carbonyl (C=O) groups is 1. The highest BCUT2D eigenvalue weighted by Gasteiger charge is 2.29. The van der Waals surface area contributed by atoms with Crippen molar-refractivity contribution in [2.24, 2.45) is 5.92 Å². The molecule has 8 heteroatoms. The molecule has 0 spiro atoms. The summed E-state index contributed by atoms with van der Waals surface area (Å²) in [7, 11) is 0. The summed E-state index contributed by atoms with van der Waals surface area (Å²) < 4.78 is 2.04. The van der Waals surface area contributed by atoms with Gasteiger partial charge in [-0.05, 0) is 56.2 Å². The molecule has 2 fully saturated rings. The third-order valence-corrected chi connectivity index (χ3v) is 5.81. The fraction of sp³-hybridized carbons (Fsp3) is 0.450. The highest BCUT2D eigenvalue weighted by molar-refractivity contribution is 5.93. The lowest BCUT2D eigenvalue weighted by atomic mass is 9.81. The zero-order chi connectivity index (χ0) is 18.9. The Bertz CT molecular complexity index is 953. The molecule has 0 unspecified atom stereocenters. The van der Waals surface area contributed by atoms with Crippen molar-refractivity contribution < 1.29 is 4.79 Å². The summed E-state index contributed by atoms with van der Waals surface area (Å²) in [6.45, 7) is 0.